The van der Waals surface area contributed by atoms with Crippen molar-refractivity contribution in [3.8, 4) is 6.07 Å². The number of carboxylic acid groups (broad SMARTS) is 1. The molecule has 1 heterocycles. The van der Waals surface area contributed by atoms with E-state index in [2.05, 4.69) is 11.0 Å². The molecule has 0 bridgehead atoms. The Morgan fingerprint density at radius 2 is 2.26 bits per heavy atom. The van der Waals surface area contributed by atoms with E-state index in [0.29, 0.717) is 19.5 Å². The molecule has 1 unspecified atom stereocenters. The number of amides is 1. The average molecular weight is 267 g/mol. The van der Waals surface area contributed by atoms with Crippen LogP contribution in [-0.4, -0.2) is 60.0 Å². The Morgan fingerprint density at radius 1 is 1.53 bits per heavy atom. The molecule has 1 N–H and O–H groups in total. The van der Waals surface area contributed by atoms with Gasteiger partial charge in [-0.3, -0.25) is 9.59 Å². The smallest absolute Gasteiger partial charge is 0.305 e. The van der Waals surface area contributed by atoms with Crippen molar-refractivity contribution in [2.75, 3.05) is 33.2 Å². The van der Waals surface area contributed by atoms with Crippen LogP contribution in [0.1, 0.15) is 25.7 Å². The molecule has 1 aliphatic heterocycles. The predicted octanol–water partition coefficient (Wildman–Crippen LogP) is 0.545. The largest absolute Gasteiger partial charge is 0.481 e. The van der Waals surface area contributed by atoms with Crippen molar-refractivity contribution in [3.05, 3.63) is 0 Å². The molecule has 1 aliphatic rings. The van der Waals surface area contributed by atoms with Crippen LogP contribution >= 0.6 is 0 Å². The lowest BCUT2D eigenvalue weighted by Gasteiger charge is -2.33. The molecule has 1 amide bonds. The third-order valence-corrected chi connectivity index (χ3v) is 3.43. The van der Waals surface area contributed by atoms with Gasteiger partial charge in [0, 0.05) is 33.1 Å². The second-order valence-electron chi connectivity index (χ2n) is 4.95. The molecular weight excluding hydrogens is 246 g/mol. The van der Waals surface area contributed by atoms with Crippen LogP contribution < -0.4 is 0 Å². The van der Waals surface area contributed by atoms with E-state index in [1.54, 1.807) is 7.05 Å². The summed E-state index contributed by atoms with van der Waals surface area (Å²) in [6.45, 7) is 2.57. The summed E-state index contributed by atoms with van der Waals surface area (Å²) in [6, 6.07) is 2.11. The van der Waals surface area contributed by atoms with Crippen LogP contribution in [0, 0.1) is 17.2 Å². The van der Waals surface area contributed by atoms with Crippen LogP contribution in [0.5, 0.6) is 0 Å². The molecule has 106 valence electrons. The van der Waals surface area contributed by atoms with Crippen molar-refractivity contribution >= 4 is 11.9 Å². The fourth-order valence-corrected chi connectivity index (χ4v) is 2.35. The van der Waals surface area contributed by atoms with Gasteiger partial charge >= 0.3 is 5.97 Å². The lowest BCUT2D eigenvalue weighted by atomic mass is 9.96. The molecule has 6 nitrogen and oxygen atoms in total. The van der Waals surface area contributed by atoms with Crippen molar-refractivity contribution in [1.82, 2.24) is 9.80 Å². The number of carboxylic acids is 1. The van der Waals surface area contributed by atoms with Gasteiger partial charge in [-0.15, -0.1) is 0 Å². The number of nitrogens with zero attached hydrogens (tertiary/aromatic N) is 3. The summed E-state index contributed by atoms with van der Waals surface area (Å²) < 4.78 is 0. The first-order valence-corrected chi connectivity index (χ1v) is 6.60. The van der Waals surface area contributed by atoms with Crippen molar-refractivity contribution in [2.24, 2.45) is 5.92 Å². The van der Waals surface area contributed by atoms with Gasteiger partial charge in [-0.05, 0) is 19.4 Å². The van der Waals surface area contributed by atoms with Gasteiger partial charge in [0.1, 0.15) is 0 Å². The molecule has 0 aromatic heterocycles. The molecule has 0 aromatic carbocycles. The maximum absolute atomic E-state index is 12.2. The number of piperidine rings is 1. The normalized spacial score (nSPS) is 19.7. The fourth-order valence-electron chi connectivity index (χ4n) is 2.35. The van der Waals surface area contributed by atoms with Crippen molar-refractivity contribution in [3.63, 3.8) is 0 Å². The van der Waals surface area contributed by atoms with E-state index in [0.717, 1.165) is 19.4 Å². The lowest BCUT2D eigenvalue weighted by Crippen LogP contribution is -2.44. The van der Waals surface area contributed by atoms with E-state index in [9.17, 15) is 9.59 Å². The zero-order valence-corrected chi connectivity index (χ0v) is 11.3. The Balaban J connectivity index is 2.42. The summed E-state index contributed by atoms with van der Waals surface area (Å²) in [4.78, 5) is 26.3. The Morgan fingerprint density at radius 3 is 2.89 bits per heavy atom. The van der Waals surface area contributed by atoms with Crippen LogP contribution in [0.25, 0.3) is 0 Å². The number of carbonyl (C=O) groups excluding carboxylic acids is 1. The molecule has 0 saturated carbocycles. The monoisotopic (exact) mass is 267 g/mol. The Kier molecular flexibility index (Phi) is 6.30. The van der Waals surface area contributed by atoms with E-state index in [-0.39, 0.29) is 24.8 Å². The number of nitriles is 1. The standard InChI is InChI=1S/C13H21N3O3/c1-15(9-5-12(17)18)13(19)11-4-2-7-16(10-11)8-3-6-14/h11H,2-5,7-10H2,1H3,(H,17,18). The van der Waals surface area contributed by atoms with Crippen LogP contribution in [0.3, 0.4) is 0 Å². The van der Waals surface area contributed by atoms with E-state index in [4.69, 9.17) is 10.4 Å². The van der Waals surface area contributed by atoms with Gasteiger partial charge in [0.15, 0.2) is 0 Å². The van der Waals surface area contributed by atoms with Gasteiger partial charge in [0.25, 0.3) is 0 Å². The Labute approximate surface area is 113 Å². The third kappa shape index (κ3) is 5.26. The number of hydrogen-bond donors (Lipinski definition) is 1. The SMILES string of the molecule is CN(CCC(=O)O)C(=O)C1CCCN(CCC#N)C1. The molecule has 0 aliphatic carbocycles. The molecule has 1 fully saturated rings. The summed E-state index contributed by atoms with van der Waals surface area (Å²) in [5.41, 5.74) is 0. The Hall–Kier alpha value is -1.61. The van der Waals surface area contributed by atoms with Gasteiger partial charge in [-0.1, -0.05) is 0 Å². The van der Waals surface area contributed by atoms with Gasteiger partial charge in [-0.2, -0.15) is 5.26 Å². The minimum atomic E-state index is -0.890. The lowest BCUT2D eigenvalue weighted by molar-refractivity contribution is -0.139. The molecule has 6 heteroatoms. The second kappa shape index (κ2) is 7.74. The maximum atomic E-state index is 12.2. The zero-order chi connectivity index (χ0) is 14.3. The van der Waals surface area contributed by atoms with E-state index < -0.39 is 5.97 Å². The average Bonchev–Trinajstić information content (AvgIpc) is 2.41. The van der Waals surface area contributed by atoms with Crippen molar-refractivity contribution in [2.45, 2.75) is 25.7 Å². The van der Waals surface area contributed by atoms with Gasteiger partial charge in [-0.25, -0.2) is 0 Å². The first kappa shape index (κ1) is 15.4. The van der Waals surface area contributed by atoms with Crippen molar-refractivity contribution < 1.29 is 14.7 Å². The number of rotatable bonds is 6. The van der Waals surface area contributed by atoms with E-state index in [1.165, 1.54) is 4.90 Å². The third-order valence-electron chi connectivity index (χ3n) is 3.43. The quantitative estimate of drug-likeness (QED) is 0.759. The zero-order valence-electron chi connectivity index (χ0n) is 11.3. The van der Waals surface area contributed by atoms with Crippen molar-refractivity contribution in [1.29, 1.82) is 5.26 Å². The second-order valence-corrected chi connectivity index (χ2v) is 4.95. The van der Waals surface area contributed by atoms with E-state index in [1.807, 2.05) is 0 Å². The first-order chi connectivity index (χ1) is 9.04. The van der Waals surface area contributed by atoms with E-state index >= 15 is 0 Å². The van der Waals surface area contributed by atoms with Crippen LogP contribution in [0.4, 0.5) is 0 Å². The Bertz CT molecular complexity index is 365. The molecule has 19 heavy (non-hydrogen) atoms. The molecule has 0 radical (unpaired) electrons. The number of aliphatic carboxylic acids is 1. The minimum absolute atomic E-state index is 0.0166. The summed E-state index contributed by atoms with van der Waals surface area (Å²) in [5.74, 6) is -0.937. The fraction of sp³-hybridized carbons (Fsp3) is 0.769. The highest BCUT2D eigenvalue weighted by molar-refractivity contribution is 5.79. The number of carbonyl (C=O) groups is 2. The van der Waals surface area contributed by atoms with Gasteiger partial charge in [0.05, 0.1) is 18.4 Å². The summed E-state index contributed by atoms with van der Waals surface area (Å²) >= 11 is 0. The molecule has 0 spiro atoms. The maximum Gasteiger partial charge on any atom is 0.305 e. The summed E-state index contributed by atoms with van der Waals surface area (Å²) in [6.07, 6.45) is 2.26. The highest BCUT2D eigenvalue weighted by atomic mass is 16.4. The van der Waals surface area contributed by atoms with Gasteiger partial charge < -0.3 is 14.9 Å². The van der Waals surface area contributed by atoms with Gasteiger partial charge in [0.2, 0.25) is 5.91 Å². The summed E-state index contributed by atoms with van der Waals surface area (Å²) in [5, 5.41) is 17.2. The molecule has 1 rings (SSSR count). The number of hydrogen-bond acceptors (Lipinski definition) is 4. The van der Waals surface area contributed by atoms with Crippen LogP contribution in [0.2, 0.25) is 0 Å². The first-order valence-electron chi connectivity index (χ1n) is 6.60. The molecule has 1 atom stereocenters. The molecule has 1 saturated heterocycles. The highest BCUT2D eigenvalue weighted by Gasteiger charge is 2.27. The highest BCUT2D eigenvalue weighted by Crippen LogP contribution is 2.18. The number of likely N-dealkylation sites (tertiary alicyclic amines) is 1. The topological polar surface area (TPSA) is 84.6 Å². The van der Waals surface area contributed by atoms with Crippen LogP contribution in [-0.2, 0) is 9.59 Å². The predicted molar refractivity (Wildman–Crippen MR) is 69.3 cm³/mol. The molecular formula is C13H21N3O3. The molecule has 0 aromatic rings. The van der Waals surface area contributed by atoms with Crippen LogP contribution in [0.15, 0.2) is 0 Å². The summed E-state index contributed by atoms with van der Waals surface area (Å²) in [7, 11) is 1.65. The minimum Gasteiger partial charge on any atom is -0.481 e.